The maximum atomic E-state index is 9.21. The van der Waals surface area contributed by atoms with Gasteiger partial charge in [-0.15, -0.1) is 214 Å². The van der Waals surface area contributed by atoms with Crippen LogP contribution in [-0.4, -0.2) is 29.9 Å². The van der Waals surface area contributed by atoms with Gasteiger partial charge in [0.15, 0.2) is 0 Å². The second-order valence-electron chi connectivity index (χ2n) is 28.9. The van der Waals surface area contributed by atoms with Crippen LogP contribution in [0.25, 0.3) is 67.5 Å². The molecule has 6 nitrogen and oxygen atoms in total. The number of hydrogen-bond donors (Lipinski definition) is 0. The summed E-state index contributed by atoms with van der Waals surface area (Å²) in [5, 5.41) is 0. The Morgan fingerprint density at radius 3 is 0.760 bits per heavy atom. The third-order valence-electron chi connectivity index (χ3n) is 20.9. The van der Waals surface area contributed by atoms with E-state index in [1.807, 2.05) is 170 Å². The summed E-state index contributed by atoms with van der Waals surface area (Å²) in [5.74, 6) is -5.40. The summed E-state index contributed by atoms with van der Waals surface area (Å²) in [4.78, 5) is 25.5. The minimum absolute atomic E-state index is 0. The van der Waals surface area contributed by atoms with Crippen molar-refractivity contribution in [1.29, 1.82) is 0 Å². The first-order chi connectivity index (χ1) is 69.4. The number of hydrogen-bond acceptors (Lipinski definition) is 6. The molecule has 0 amide bonds. The molecule has 3 radical (unpaired) electrons. The first kappa shape index (κ1) is 59.6. The Balaban J connectivity index is 0.000000186. The van der Waals surface area contributed by atoms with Crippen molar-refractivity contribution in [2.75, 3.05) is 0 Å². The largest absolute Gasteiger partial charge is 0.304 e. The van der Waals surface area contributed by atoms with E-state index >= 15 is 0 Å². The molecule has 3 aliphatic carbocycles. The molecule has 18 rings (SSSR count). The normalized spacial score (nSPS) is 24.4. The van der Waals surface area contributed by atoms with Gasteiger partial charge in [-0.1, -0.05) is 158 Å². The number of aryl methyl sites for hydroxylation is 10. The van der Waals surface area contributed by atoms with E-state index < -0.39 is 90.2 Å². The molecule has 6 aromatic heterocycles. The summed E-state index contributed by atoms with van der Waals surface area (Å²) < 4.78 is 236. The second kappa shape index (κ2) is 47.3. The molecular weight excluding hydrogens is 2010 g/mol. The molecule has 0 saturated heterocycles. The van der Waals surface area contributed by atoms with Crippen LogP contribution in [0.1, 0.15) is 243 Å². The van der Waals surface area contributed by atoms with Gasteiger partial charge in [0.2, 0.25) is 0 Å². The molecule has 6 heterocycles. The zero-order valence-corrected chi connectivity index (χ0v) is 74.2. The van der Waals surface area contributed by atoms with Crippen molar-refractivity contribution in [3.63, 3.8) is 0 Å². The molecule has 121 heavy (non-hydrogen) atoms. The predicted octanol–water partition coefficient (Wildman–Crippen LogP) is 28.7. The van der Waals surface area contributed by atoms with E-state index in [0.717, 1.165) is 50.2 Å². The predicted molar refractivity (Wildman–Crippen MR) is 490 cm³/mol. The maximum Gasteiger partial charge on any atom is 0.0352 e. The molecule has 3 fully saturated rings. The summed E-state index contributed by atoms with van der Waals surface area (Å²) in [6.07, 6.45) is 13.9. The van der Waals surface area contributed by atoms with Crippen molar-refractivity contribution < 1.29 is 101 Å². The molecule has 3 saturated carbocycles. The quantitative estimate of drug-likeness (QED) is 0.113. The molecule has 621 valence electrons. The molecule has 0 aliphatic heterocycles. The molecule has 9 aromatic carbocycles. The molecule has 0 atom stereocenters. The van der Waals surface area contributed by atoms with E-state index in [0.29, 0.717) is 144 Å². The van der Waals surface area contributed by atoms with Crippen LogP contribution in [0.3, 0.4) is 0 Å². The molecule has 9 heteroatoms. The molecule has 3 aliphatic rings. The van der Waals surface area contributed by atoms with Crippen molar-refractivity contribution >= 4 is 0 Å². The van der Waals surface area contributed by atoms with Crippen molar-refractivity contribution in [2.45, 2.75) is 181 Å². The average molecular weight is 2150 g/mol. The fourth-order valence-corrected chi connectivity index (χ4v) is 14.3. The Kier molecular flexibility index (Phi) is 23.3. The summed E-state index contributed by atoms with van der Waals surface area (Å²) >= 11 is 0. The number of pyridine rings is 6. The van der Waals surface area contributed by atoms with Gasteiger partial charge >= 0.3 is 0 Å². The monoisotopic (exact) mass is 2150 g/mol. The third-order valence-corrected chi connectivity index (χ3v) is 20.9. The summed E-state index contributed by atoms with van der Waals surface area (Å²) in [6.45, 7) is -14.3. The van der Waals surface area contributed by atoms with Gasteiger partial charge in [-0.05, 0) is 268 Å². The minimum atomic E-state index is -2.34. The fourth-order valence-electron chi connectivity index (χ4n) is 14.3. The molecule has 0 unspecified atom stereocenters. The minimum Gasteiger partial charge on any atom is -0.304 e. The van der Waals surface area contributed by atoms with Gasteiger partial charge in [-0.25, -0.2) is 0 Å². The van der Waals surface area contributed by atoms with Gasteiger partial charge in [-0.2, -0.15) is 0 Å². The summed E-state index contributed by atoms with van der Waals surface area (Å²) in [5.41, 5.74) is 15.4. The van der Waals surface area contributed by atoms with Crippen molar-refractivity contribution in [3.8, 4) is 67.5 Å². The van der Waals surface area contributed by atoms with E-state index in [9.17, 15) is 4.11 Å². The second-order valence-corrected chi connectivity index (χ2v) is 28.9. The van der Waals surface area contributed by atoms with E-state index in [4.69, 9.17) is 37.0 Å². The first-order valence-corrected chi connectivity index (χ1v) is 39.4. The Labute approximate surface area is 804 Å². The summed E-state index contributed by atoms with van der Waals surface area (Å²) in [7, 11) is 0. The van der Waals surface area contributed by atoms with Crippen LogP contribution in [0.4, 0.5) is 0 Å². The van der Waals surface area contributed by atoms with E-state index in [1.165, 1.54) is 67.5 Å². The third kappa shape index (κ3) is 26.7. The molecule has 15 aromatic rings. The standard InChI is InChI=1S/3C24H24N.C14H14N.2C13H12N.3Ir/c3*1-18-17-25-24(22-10-6-3-7-11-22)16-23(18)21-14-12-20(13-15-21)19-8-4-2-5-9-19;1-10-4-6-13(7-5-10)14-8-11(2)12(3)9-15-14;1-10-3-6-12(7-4-10)13-8-5-11(2)9-14-13;1-10-8-13(14-9-11(10)2)12-6-4-3-5-7-12;;;/h3*2-10,16-17,20-21H,12-15H2,1H3;4-6,8-9H,1-3H3;2*3-6,8-9H,1-2H3;;;/q6*-1;;;/i3*1D3,20D,21D;1D3,3D3;1D3,2D3;2D3;;;. The Morgan fingerprint density at radius 2 is 0.504 bits per heavy atom. The summed E-state index contributed by atoms with van der Waals surface area (Å²) in [6, 6.07) is 98.0. The maximum absolute atomic E-state index is 9.21. The fraction of sp³-hybridized carbons (Fsp3) is 0.250. The Hall–Kier alpha value is -10.2. The number of rotatable bonds is 12. The topological polar surface area (TPSA) is 77.3 Å². The van der Waals surface area contributed by atoms with Gasteiger partial charge < -0.3 is 29.9 Å². The number of benzene rings is 9. The van der Waals surface area contributed by atoms with Gasteiger partial charge in [-0.3, -0.25) is 0 Å². The van der Waals surface area contributed by atoms with Crippen LogP contribution in [0.15, 0.2) is 304 Å². The smallest absolute Gasteiger partial charge is 0.0352 e. The number of aromatic nitrogens is 6. The molecule has 0 N–H and O–H groups in total. The van der Waals surface area contributed by atoms with Gasteiger partial charge in [0, 0.05) is 139 Å². The Morgan fingerprint density at radius 1 is 0.240 bits per heavy atom. The molecule has 0 spiro atoms. The van der Waals surface area contributed by atoms with Crippen LogP contribution in [-0.2, 0) is 60.3 Å². The average Bonchev–Trinajstić information content (AvgIpc) is 0.755. The van der Waals surface area contributed by atoms with Crippen LogP contribution in [0, 0.1) is 105 Å². The first-order valence-electron chi connectivity index (χ1n) is 54.4. The van der Waals surface area contributed by atoms with Gasteiger partial charge in [0.25, 0.3) is 0 Å². The van der Waals surface area contributed by atoms with E-state index in [1.54, 1.807) is 80.6 Å². The molecule has 0 bridgehead atoms. The van der Waals surface area contributed by atoms with Crippen LogP contribution < -0.4 is 0 Å². The van der Waals surface area contributed by atoms with Crippen LogP contribution >= 0.6 is 0 Å². The van der Waals surface area contributed by atoms with E-state index in [-0.39, 0.29) is 99.3 Å². The zero-order valence-electron chi connectivity index (χ0n) is 97.0. The van der Waals surface area contributed by atoms with Crippen molar-refractivity contribution in [2.24, 2.45) is 0 Å². The van der Waals surface area contributed by atoms with Crippen LogP contribution in [0.5, 0.6) is 0 Å². The van der Waals surface area contributed by atoms with Gasteiger partial charge in [0.1, 0.15) is 0 Å². The van der Waals surface area contributed by atoms with E-state index in [2.05, 4.69) is 66.3 Å². The van der Waals surface area contributed by atoms with Gasteiger partial charge in [0.05, 0.1) is 0 Å². The van der Waals surface area contributed by atoms with Crippen molar-refractivity contribution in [1.82, 2.24) is 29.9 Å². The zero-order chi connectivity index (χ0) is 107. The molecular formula is C112H110Ir3N6-6. The Bertz CT molecular complexity index is 6450. The number of nitrogens with zero attached hydrogens (tertiary/aromatic N) is 6. The van der Waals surface area contributed by atoms with Crippen LogP contribution in [0.2, 0.25) is 0 Å². The van der Waals surface area contributed by atoms with Crippen molar-refractivity contribution in [3.05, 3.63) is 430 Å². The SMILES string of the molecule is [2H]C([2H])([2H])c1c[c-]c(-c2cc(C)c(C([2H])([2H])[2H])cn2)cc1.[2H]C([2H])([2H])c1c[c-]c(-c2ccc(C([2H])([2H])[2H])cn2)cc1.[2H]C([2H])([2H])c1cnc(-c2[c-]cccc2)cc1C.[2H]C([2H])([2H])c1cnc(-c2[c-]cccc2)cc1C1([2H])CCC([2H])(c2ccccc2)CC1.[2H]C([2H])([2H])c1cnc(-c2[c-]cccc2)cc1C1([2H])CCC([2H])(c2ccccc2)CC1.[2H]C([2H])([2H])c1cnc(-c2[c-]cccc2)cc1C1([2H])CCC([2H])(c2ccccc2)CC1.[Ir].[Ir].[Ir].